The van der Waals surface area contributed by atoms with Crippen LogP contribution in [0, 0.1) is 0 Å². The van der Waals surface area contributed by atoms with E-state index in [1.54, 1.807) is 24.3 Å². The average Bonchev–Trinajstić information content (AvgIpc) is 2.66. The van der Waals surface area contributed by atoms with Crippen molar-refractivity contribution in [3.05, 3.63) is 66.7 Å². The molecule has 0 aliphatic heterocycles. The fourth-order valence-electron chi connectivity index (χ4n) is 1.99. The van der Waals surface area contributed by atoms with Gasteiger partial charge in [-0.05, 0) is 61.4 Å². The molecular weight excluding hydrogens is 336 g/mol. The molecule has 0 unspecified atom stereocenters. The first kappa shape index (κ1) is 19.1. The lowest BCUT2D eigenvalue weighted by Crippen LogP contribution is -2.08. The maximum atomic E-state index is 12.0. The van der Waals surface area contributed by atoms with Crippen molar-refractivity contribution in [1.29, 1.82) is 0 Å². The van der Waals surface area contributed by atoms with Gasteiger partial charge in [0.25, 0.3) is 0 Å². The molecule has 0 bridgehead atoms. The Morgan fingerprint density at radius 1 is 0.923 bits per heavy atom. The van der Waals surface area contributed by atoms with Crippen LogP contribution in [-0.2, 0) is 9.53 Å². The van der Waals surface area contributed by atoms with Gasteiger partial charge in [-0.1, -0.05) is 6.58 Å². The topological polar surface area (TPSA) is 82.1 Å². The summed E-state index contributed by atoms with van der Waals surface area (Å²) in [6.45, 7) is 4.14. The Hall–Kier alpha value is -3.28. The molecule has 2 rings (SSSR count). The van der Waals surface area contributed by atoms with Gasteiger partial charge in [0.05, 0.1) is 18.8 Å². The van der Waals surface area contributed by atoms with Crippen molar-refractivity contribution in [2.45, 2.75) is 12.8 Å². The molecule has 6 nitrogen and oxygen atoms in total. The van der Waals surface area contributed by atoms with Gasteiger partial charge in [0.15, 0.2) is 0 Å². The number of phenolic OH excluding ortho intramolecular Hbond substituents is 1. The summed E-state index contributed by atoms with van der Waals surface area (Å²) < 4.78 is 15.7. The van der Waals surface area contributed by atoms with Crippen LogP contribution >= 0.6 is 0 Å². The Kier molecular flexibility index (Phi) is 7.24. The Morgan fingerprint density at radius 2 is 1.54 bits per heavy atom. The second kappa shape index (κ2) is 9.88. The van der Waals surface area contributed by atoms with Crippen molar-refractivity contribution < 1.29 is 28.9 Å². The van der Waals surface area contributed by atoms with Crippen LogP contribution in [-0.4, -0.2) is 30.3 Å². The lowest BCUT2D eigenvalue weighted by atomic mass is 10.2. The van der Waals surface area contributed by atoms with E-state index in [1.807, 2.05) is 0 Å². The molecule has 0 heterocycles. The molecule has 0 amide bonds. The van der Waals surface area contributed by atoms with Crippen LogP contribution in [0.1, 0.15) is 23.2 Å². The van der Waals surface area contributed by atoms with Gasteiger partial charge in [-0.3, -0.25) is 0 Å². The number of unbranched alkanes of at least 4 members (excludes halogenated alkanes) is 1. The Balaban J connectivity index is 1.72. The fraction of sp³-hybridized carbons (Fsp3) is 0.200. The van der Waals surface area contributed by atoms with Crippen molar-refractivity contribution in [1.82, 2.24) is 0 Å². The van der Waals surface area contributed by atoms with Gasteiger partial charge in [0, 0.05) is 6.08 Å². The highest BCUT2D eigenvalue weighted by Crippen LogP contribution is 2.19. The quantitative estimate of drug-likeness (QED) is 0.320. The molecule has 1 N–H and O–H groups in total. The van der Waals surface area contributed by atoms with Crippen LogP contribution in [0.2, 0.25) is 0 Å². The van der Waals surface area contributed by atoms with Crippen LogP contribution in [0.15, 0.2) is 61.2 Å². The van der Waals surface area contributed by atoms with Crippen molar-refractivity contribution in [3.63, 3.8) is 0 Å². The minimum Gasteiger partial charge on any atom is -0.508 e. The molecule has 2 aromatic rings. The minimum absolute atomic E-state index is 0.0851. The summed E-state index contributed by atoms with van der Waals surface area (Å²) in [5, 5.41) is 9.22. The third kappa shape index (κ3) is 6.32. The molecular formula is C20H20O6. The van der Waals surface area contributed by atoms with E-state index in [0.29, 0.717) is 36.7 Å². The summed E-state index contributed by atoms with van der Waals surface area (Å²) >= 11 is 0. The van der Waals surface area contributed by atoms with Crippen LogP contribution < -0.4 is 9.47 Å². The highest BCUT2D eigenvalue weighted by Gasteiger charge is 2.08. The number of carbonyl (C=O) groups excluding carboxylic acids is 2. The number of esters is 2. The molecule has 0 fully saturated rings. The number of carbonyl (C=O) groups is 2. The second-order valence-corrected chi connectivity index (χ2v) is 5.33. The normalized spacial score (nSPS) is 10.0. The largest absolute Gasteiger partial charge is 0.508 e. The van der Waals surface area contributed by atoms with Gasteiger partial charge in [-0.2, -0.15) is 0 Å². The minimum atomic E-state index is -0.507. The lowest BCUT2D eigenvalue weighted by molar-refractivity contribution is -0.137. The summed E-state index contributed by atoms with van der Waals surface area (Å²) in [5.41, 5.74) is 0.347. The number of hydrogen-bond donors (Lipinski definition) is 1. The molecule has 2 aromatic carbocycles. The first-order chi connectivity index (χ1) is 12.6. The van der Waals surface area contributed by atoms with Gasteiger partial charge in [-0.25, -0.2) is 9.59 Å². The standard InChI is InChI=1S/C20H20O6/c1-2-19(22)25-14-4-3-13-24-17-9-11-18(12-10-17)26-20(23)15-5-7-16(21)8-6-15/h2,5-12,21H,1,3-4,13-14H2. The molecule has 0 radical (unpaired) electrons. The Morgan fingerprint density at radius 3 is 2.19 bits per heavy atom. The van der Waals surface area contributed by atoms with E-state index in [9.17, 15) is 14.7 Å². The summed E-state index contributed by atoms with van der Waals surface area (Å²) in [4.78, 5) is 22.8. The number of hydrogen-bond acceptors (Lipinski definition) is 6. The number of aromatic hydroxyl groups is 1. The van der Waals surface area contributed by atoms with Crippen LogP contribution in [0.25, 0.3) is 0 Å². The predicted molar refractivity (Wildman–Crippen MR) is 95.4 cm³/mol. The maximum absolute atomic E-state index is 12.0. The van der Waals surface area contributed by atoms with Crippen molar-refractivity contribution >= 4 is 11.9 Å². The summed E-state index contributed by atoms with van der Waals surface area (Å²) in [5.74, 6) is 0.197. The summed E-state index contributed by atoms with van der Waals surface area (Å²) in [7, 11) is 0. The molecule has 136 valence electrons. The van der Waals surface area contributed by atoms with Crippen molar-refractivity contribution in [3.8, 4) is 17.2 Å². The van der Waals surface area contributed by atoms with E-state index >= 15 is 0 Å². The Labute approximate surface area is 151 Å². The molecule has 0 aromatic heterocycles. The number of benzene rings is 2. The van der Waals surface area contributed by atoms with Gasteiger partial charge < -0.3 is 19.3 Å². The van der Waals surface area contributed by atoms with Gasteiger partial charge >= 0.3 is 11.9 Å². The Bertz CT molecular complexity index is 734. The van der Waals surface area contributed by atoms with Gasteiger partial charge in [0.2, 0.25) is 0 Å². The molecule has 6 heteroatoms. The van der Waals surface area contributed by atoms with E-state index in [1.165, 1.54) is 24.3 Å². The van der Waals surface area contributed by atoms with Crippen molar-refractivity contribution in [2.24, 2.45) is 0 Å². The first-order valence-electron chi connectivity index (χ1n) is 8.12. The monoisotopic (exact) mass is 356 g/mol. The van der Waals surface area contributed by atoms with Crippen LogP contribution in [0.3, 0.4) is 0 Å². The van der Waals surface area contributed by atoms with E-state index in [4.69, 9.17) is 14.2 Å². The highest BCUT2D eigenvalue weighted by molar-refractivity contribution is 5.91. The van der Waals surface area contributed by atoms with E-state index in [2.05, 4.69) is 6.58 Å². The average molecular weight is 356 g/mol. The van der Waals surface area contributed by atoms with Crippen LogP contribution in [0.5, 0.6) is 17.2 Å². The highest BCUT2D eigenvalue weighted by atomic mass is 16.5. The number of ether oxygens (including phenoxy) is 3. The number of phenols is 1. The molecule has 0 aliphatic carbocycles. The molecule has 0 saturated heterocycles. The summed E-state index contributed by atoms with van der Waals surface area (Å²) in [6.07, 6.45) is 2.57. The molecule has 0 spiro atoms. The fourth-order valence-corrected chi connectivity index (χ4v) is 1.99. The SMILES string of the molecule is C=CC(=O)OCCCCOc1ccc(OC(=O)c2ccc(O)cc2)cc1. The molecule has 0 atom stereocenters. The second-order valence-electron chi connectivity index (χ2n) is 5.33. The van der Waals surface area contributed by atoms with Crippen LogP contribution in [0.4, 0.5) is 0 Å². The molecule has 0 aliphatic rings. The smallest absolute Gasteiger partial charge is 0.343 e. The zero-order valence-electron chi connectivity index (χ0n) is 14.2. The van der Waals surface area contributed by atoms with Gasteiger partial charge in [0.1, 0.15) is 17.2 Å². The number of rotatable bonds is 9. The third-order valence-electron chi connectivity index (χ3n) is 3.36. The first-order valence-corrected chi connectivity index (χ1v) is 8.12. The molecule has 26 heavy (non-hydrogen) atoms. The predicted octanol–water partition coefficient (Wildman–Crippen LogP) is 3.50. The van der Waals surface area contributed by atoms with E-state index < -0.39 is 11.9 Å². The maximum Gasteiger partial charge on any atom is 0.343 e. The van der Waals surface area contributed by atoms with E-state index in [0.717, 1.165) is 12.5 Å². The van der Waals surface area contributed by atoms with E-state index in [-0.39, 0.29) is 5.75 Å². The van der Waals surface area contributed by atoms with Gasteiger partial charge in [-0.15, -0.1) is 0 Å². The lowest BCUT2D eigenvalue weighted by Gasteiger charge is -2.08. The zero-order valence-corrected chi connectivity index (χ0v) is 14.2. The summed E-state index contributed by atoms with van der Waals surface area (Å²) in [6, 6.07) is 12.5. The third-order valence-corrected chi connectivity index (χ3v) is 3.36. The zero-order chi connectivity index (χ0) is 18.8. The van der Waals surface area contributed by atoms with Crippen molar-refractivity contribution in [2.75, 3.05) is 13.2 Å². The molecule has 0 saturated carbocycles.